The Morgan fingerprint density at radius 2 is 1.96 bits per heavy atom. The normalized spacial score (nSPS) is 9.78. The molecule has 1 heterocycles. The lowest BCUT2D eigenvalue weighted by Crippen LogP contribution is -2.41. The molecule has 0 spiro atoms. The van der Waals surface area contributed by atoms with Gasteiger partial charge in [-0.3, -0.25) is 19.7 Å². The van der Waals surface area contributed by atoms with Crippen molar-refractivity contribution in [2.45, 2.75) is 19.8 Å². The van der Waals surface area contributed by atoms with Gasteiger partial charge in [-0.15, -0.1) is 0 Å². The van der Waals surface area contributed by atoms with Crippen LogP contribution in [0.5, 0.6) is 0 Å². The molecule has 1 rings (SSSR count). The lowest BCUT2D eigenvalue weighted by atomic mass is 10.3. The summed E-state index contributed by atoms with van der Waals surface area (Å²) < 4.78 is 4.70. The minimum absolute atomic E-state index is 0.0643. The summed E-state index contributed by atoms with van der Waals surface area (Å²) in [5.74, 6) is -1.63. The van der Waals surface area contributed by atoms with Crippen LogP contribution >= 0.6 is 11.3 Å². The summed E-state index contributed by atoms with van der Waals surface area (Å²) in [6, 6.07) is 1.04. The number of carbonyl (C=O) groups is 4. The molecule has 126 valence electrons. The van der Waals surface area contributed by atoms with Crippen LogP contribution in [-0.2, 0) is 14.3 Å². The molecule has 0 aliphatic heterocycles. The number of nitrogens with one attached hydrogen (secondary N) is 3. The molecule has 0 unspecified atom stereocenters. The first kappa shape index (κ1) is 18.6. The summed E-state index contributed by atoms with van der Waals surface area (Å²) in [7, 11) is 0. The molecule has 0 saturated carbocycles. The van der Waals surface area contributed by atoms with Crippen LogP contribution in [0, 0.1) is 0 Å². The maximum atomic E-state index is 11.6. The zero-order chi connectivity index (χ0) is 17.1. The van der Waals surface area contributed by atoms with E-state index in [1.807, 2.05) is 12.2 Å². The third-order valence-corrected chi connectivity index (χ3v) is 3.23. The fraction of sp³-hybridized carbons (Fsp3) is 0.429. The fourth-order valence-electron chi connectivity index (χ4n) is 1.44. The van der Waals surface area contributed by atoms with Crippen LogP contribution in [-0.4, -0.2) is 43.5 Å². The average molecular weight is 341 g/mol. The van der Waals surface area contributed by atoms with Crippen molar-refractivity contribution in [1.82, 2.24) is 16.0 Å². The number of imide groups is 1. The maximum absolute atomic E-state index is 11.6. The first-order chi connectivity index (χ1) is 11.0. The van der Waals surface area contributed by atoms with Crippen molar-refractivity contribution in [3.8, 4) is 0 Å². The molecule has 9 heteroatoms. The van der Waals surface area contributed by atoms with Gasteiger partial charge in [-0.1, -0.05) is 6.92 Å². The number of amides is 4. The predicted molar refractivity (Wildman–Crippen MR) is 84.1 cm³/mol. The van der Waals surface area contributed by atoms with E-state index in [-0.39, 0.29) is 18.9 Å². The van der Waals surface area contributed by atoms with Gasteiger partial charge < -0.3 is 15.4 Å². The van der Waals surface area contributed by atoms with Crippen molar-refractivity contribution in [3.05, 3.63) is 22.4 Å². The van der Waals surface area contributed by atoms with Gasteiger partial charge in [-0.25, -0.2) is 4.79 Å². The molecule has 0 bridgehead atoms. The zero-order valence-electron chi connectivity index (χ0n) is 12.7. The number of esters is 1. The minimum Gasteiger partial charge on any atom is -0.456 e. The van der Waals surface area contributed by atoms with E-state index in [9.17, 15) is 19.2 Å². The van der Waals surface area contributed by atoms with E-state index in [1.165, 1.54) is 11.3 Å². The molecule has 0 aromatic carbocycles. The Morgan fingerprint density at radius 1 is 1.17 bits per heavy atom. The third-order valence-electron chi connectivity index (χ3n) is 2.55. The second-order valence-electron chi connectivity index (χ2n) is 4.48. The number of hydrogen-bond acceptors (Lipinski definition) is 6. The predicted octanol–water partition coefficient (Wildman–Crippen LogP) is 0.647. The molecular weight excluding hydrogens is 322 g/mol. The monoisotopic (exact) mass is 341 g/mol. The molecule has 0 radical (unpaired) electrons. The summed E-state index contributed by atoms with van der Waals surface area (Å²) in [6.45, 7) is 1.88. The van der Waals surface area contributed by atoms with E-state index in [2.05, 4.69) is 10.6 Å². The minimum atomic E-state index is -0.714. The van der Waals surface area contributed by atoms with Gasteiger partial charge in [0.25, 0.3) is 11.8 Å². The number of urea groups is 1. The maximum Gasteiger partial charge on any atom is 0.321 e. The van der Waals surface area contributed by atoms with Crippen molar-refractivity contribution in [2.75, 3.05) is 19.7 Å². The van der Waals surface area contributed by atoms with Crippen molar-refractivity contribution in [3.63, 3.8) is 0 Å². The van der Waals surface area contributed by atoms with Crippen molar-refractivity contribution < 1.29 is 23.9 Å². The van der Waals surface area contributed by atoms with Crippen LogP contribution in [0.1, 0.15) is 30.1 Å². The highest BCUT2D eigenvalue weighted by Crippen LogP contribution is 2.05. The van der Waals surface area contributed by atoms with Crippen molar-refractivity contribution >= 4 is 35.2 Å². The Labute approximate surface area is 137 Å². The lowest BCUT2D eigenvalue weighted by Gasteiger charge is -2.07. The molecule has 0 saturated heterocycles. The van der Waals surface area contributed by atoms with Gasteiger partial charge in [-0.05, 0) is 17.9 Å². The summed E-state index contributed by atoms with van der Waals surface area (Å²) >= 11 is 1.40. The average Bonchev–Trinajstić information content (AvgIpc) is 3.05. The van der Waals surface area contributed by atoms with Crippen LogP contribution in [0.2, 0.25) is 0 Å². The molecule has 0 atom stereocenters. The SMILES string of the molecule is CCCNC(=O)NC(=O)COC(=O)CCNC(=O)c1ccsc1. The van der Waals surface area contributed by atoms with Gasteiger partial charge in [-0.2, -0.15) is 11.3 Å². The molecule has 0 aliphatic carbocycles. The van der Waals surface area contributed by atoms with Gasteiger partial charge in [0.2, 0.25) is 0 Å². The highest BCUT2D eigenvalue weighted by atomic mass is 32.1. The second-order valence-corrected chi connectivity index (χ2v) is 5.26. The van der Waals surface area contributed by atoms with E-state index in [4.69, 9.17) is 4.74 Å². The molecule has 1 aromatic rings. The number of carbonyl (C=O) groups excluding carboxylic acids is 4. The molecule has 3 N–H and O–H groups in total. The number of hydrogen-bond donors (Lipinski definition) is 3. The molecule has 0 aliphatic rings. The third kappa shape index (κ3) is 7.96. The van der Waals surface area contributed by atoms with Gasteiger partial charge >= 0.3 is 12.0 Å². The number of ether oxygens (including phenoxy) is 1. The Bertz CT molecular complexity index is 545. The van der Waals surface area contributed by atoms with E-state index < -0.39 is 24.5 Å². The first-order valence-electron chi connectivity index (χ1n) is 7.06. The van der Waals surface area contributed by atoms with E-state index in [1.54, 1.807) is 16.8 Å². The topological polar surface area (TPSA) is 114 Å². The Kier molecular flexibility index (Phi) is 8.37. The Balaban J connectivity index is 2.13. The highest BCUT2D eigenvalue weighted by molar-refractivity contribution is 7.08. The fourth-order valence-corrected chi connectivity index (χ4v) is 2.07. The summed E-state index contributed by atoms with van der Waals surface area (Å²) in [5, 5.41) is 10.5. The molecular formula is C14H19N3O5S. The summed E-state index contributed by atoms with van der Waals surface area (Å²) in [6.07, 6.45) is 0.679. The second kappa shape index (κ2) is 10.3. The molecule has 23 heavy (non-hydrogen) atoms. The van der Waals surface area contributed by atoms with Gasteiger partial charge in [0.15, 0.2) is 6.61 Å². The Morgan fingerprint density at radius 3 is 2.61 bits per heavy atom. The number of thiophene rings is 1. The van der Waals surface area contributed by atoms with Crippen LogP contribution < -0.4 is 16.0 Å². The smallest absolute Gasteiger partial charge is 0.321 e. The van der Waals surface area contributed by atoms with E-state index >= 15 is 0 Å². The Hall–Kier alpha value is -2.42. The van der Waals surface area contributed by atoms with Crippen LogP contribution in [0.15, 0.2) is 16.8 Å². The van der Waals surface area contributed by atoms with Gasteiger partial charge in [0.1, 0.15) is 0 Å². The quantitative estimate of drug-likeness (QED) is 0.601. The largest absolute Gasteiger partial charge is 0.456 e. The van der Waals surface area contributed by atoms with Crippen molar-refractivity contribution in [2.24, 2.45) is 0 Å². The van der Waals surface area contributed by atoms with Crippen LogP contribution in [0.3, 0.4) is 0 Å². The lowest BCUT2D eigenvalue weighted by molar-refractivity contribution is -0.148. The standard InChI is InChI=1S/C14H19N3O5S/c1-2-5-16-14(21)17-11(18)8-22-12(19)3-6-15-13(20)10-4-7-23-9-10/h4,7,9H,2-3,5-6,8H2,1H3,(H,15,20)(H2,16,17,18,21). The highest BCUT2D eigenvalue weighted by Gasteiger charge is 2.11. The molecule has 1 aromatic heterocycles. The summed E-state index contributed by atoms with van der Waals surface area (Å²) in [5.41, 5.74) is 0.529. The van der Waals surface area contributed by atoms with Crippen molar-refractivity contribution in [1.29, 1.82) is 0 Å². The first-order valence-corrected chi connectivity index (χ1v) is 8.01. The summed E-state index contributed by atoms with van der Waals surface area (Å²) in [4.78, 5) is 45.5. The van der Waals surface area contributed by atoms with E-state index in [0.717, 1.165) is 6.42 Å². The van der Waals surface area contributed by atoms with Gasteiger partial charge in [0, 0.05) is 24.0 Å². The molecule has 0 fully saturated rings. The van der Waals surface area contributed by atoms with Gasteiger partial charge in [0.05, 0.1) is 6.42 Å². The molecule has 8 nitrogen and oxygen atoms in total. The van der Waals surface area contributed by atoms with Crippen LogP contribution in [0.4, 0.5) is 4.79 Å². The number of rotatable bonds is 8. The zero-order valence-corrected chi connectivity index (χ0v) is 13.5. The van der Waals surface area contributed by atoms with Crippen LogP contribution in [0.25, 0.3) is 0 Å². The molecule has 4 amide bonds. The van der Waals surface area contributed by atoms with E-state index in [0.29, 0.717) is 12.1 Å².